The summed E-state index contributed by atoms with van der Waals surface area (Å²) in [6.45, 7) is 4.19. The molecule has 0 saturated carbocycles. The molecular formula is C22H24N2O4S. The molecule has 0 aliphatic carbocycles. The lowest BCUT2D eigenvalue weighted by Gasteiger charge is -2.21. The lowest BCUT2D eigenvalue weighted by atomic mass is 10.1. The molecule has 0 saturated heterocycles. The number of fused-ring (bicyclic) bond motifs is 1. The van der Waals surface area contributed by atoms with E-state index in [4.69, 9.17) is 9.47 Å². The van der Waals surface area contributed by atoms with Crippen LogP contribution in [0, 0.1) is 6.92 Å². The number of methoxy groups -OCH3 is 1. The molecule has 1 heterocycles. The number of aromatic nitrogens is 1. The predicted molar refractivity (Wildman–Crippen MR) is 115 cm³/mol. The molecule has 0 atom stereocenters. The van der Waals surface area contributed by atoms with Crippen LogP contribution in [-0.4, -0.2) is 24.1 Å². The summed E-state index contributed by atoms with van der Waals surface area (Å²) in [5.74, 6) is 0.376. The molecule has 1 aromatic heterocycles. The topological polar surface area (TPSA) is 68.7 Å². The highest BCUT2D eigenvalue weighted by Gasteiger charge is 2.25. The quantitative estimate of drug-likeness (QED) is 0.514. The first-order valence-corrected chi connectivity index (χ1v) is 10.3. The second-order valence-corrected chi connectivity index (χ2v) is 7.73. The van der Waals surface area contributed by atoms with Crippen molar-refractivity contribution in [2.24, 2.45) is 0 Å². The van der Waals surface area contributed by atoms with Crippen LogP contribution < -0.4 is 9.64 Å². The summed E-state index contributed by atoms with van der Waals surface area (Å²) < 4.78 is 11.8. The normalized spacial score (nSPS) is 10.7. The average Bonchev–Trinajstić information content (AvgIpc) is 3.15. The molecule has 0 N–H and O–H groups in total. The minimum Gasteiger partial charge on any atom is -0.486 e. The highest BCUT2D eigenvalue weighted by molar-refractivity contribution is 7.18. The molecule has 0 unspecified atom stereocenters. The third-order valence-corrected chi connectivity index (χ3v) is 5.47. The van der Waals surface area contributed by atoms with Gasteiger partial charge in [0.1, 0.15) is 17.4 Å². The molecule has 0 radical (unpaired) electrons. The minimum atomic E-state index is -0.683. The number of imide groups is 1. The Hall–Kier alpha value is -2.93. The SMILES string of the molecule is CCCCC(=O)N(C(=O)OC)c1ccc(OCc2nc3ccccc3s2)cc1C. The second kappa shape index (κ2) is 9.52. The molecular weight excluding hydrogens is 388 g/mol. The summed E-state index contributed by atoms with van der Waals surface area (Å²) in [7, 11) is 1.27. The Bertz CT molecular complexity index is 982. The number of carbonyl (C=O) groups excluding carboxylic acids is 2. The van der Waals surface area contributed by atoms with Crippen LogP contribution in [0.4, 0.5) is 10.5 Å². The number of aryl methyl sites for hydroxylation is 1. The van der Waals surface area contributed by atoms with E-state index in [1.54, 1.807) is 23.5 Å². The van der Waals surface area contributed by atoms with Gasteiger partial charge in [-0.2, -0.15) is 0 Å². The maximum absolute atomic E-state index is 12.5. The van der Waals surface area contributed by atoms with Crippen molar-refractivity contribution in [2.45, 2.75) is 39.7 Å². The Morgan fingerprint density at radius 1 is 1.17 bits per heavy atom. The summed E-state index contributed by atoms with van der Waals surface area (Å²) in [4.78, 5) is 30.4. The molecule has 29 heavy (non-hydrogen) atoms. The summed E-state index contributed by atoms with van der Waals surface area (Å²) in [5.41, 5.74) is 2.22. The number of rotatable bonds is 7. The highest BCUT2D eigenvalue weighted by Crippen LogP contribution is 2.28. The van der Waals surface area contributed by atoms with Crippen molar-refractivity contribution in [1.82, 2.24) is 4.98 Å². The first-order chi connectivity index (χ1) is 14.0. The monoisotopic (exact) mass is 412 g/mol. The number of para-hydroxylation sites is 1. The van der Waals surface area contributed by atoms with Crippen LogP contribution >= 0.6 is 11.3 Å². The van der Waals surface area contributed by atoms with Gasteiger partial charge in [-0.15, -0.1) is 11.3 Å². The smallest absolute Gasteiger partial charge is 0.420 e. The molecule has 0 spiro atoms. The Balaban J connectivity index is 1.75. The van der Waals surface area contributed by atoms with Crippen LogP contribution in [0.3, 0.4) is 0 Å². The van der Waals surface area contributed by atoms with Gasteiger partial charge in [0.15, 0.2) is 0 Å². The standard InChI is InChI=1S/C22H24N2O4S/c1-4-5-10-21(25)24(22(26)27-3)18-12-11-16(13-15(18)2)28-14-20-23-17-8-6-7-9-19(17)29-20/h6-9,11-13H,4-5,10,14H2,1-3H3. The Morgan fingerprint density at radius 3 is 2.66 bits per heavy atom. The van der Waals surface area contributed by atoms with E-state index in [-0.39, 0.29) is 5.91 Å². The van der Waals surface area contributed by atoms with Gasteiger partial charge >= 0.3 is 6.09 Å². The maximum Gasteiger partial charge on any atom is 0.420 e. The van der Waals surface area contributed by atoms with Crippen LogP contribution in [-0.2, 0) is 16.1 Å². The highest BCUT2D eigenvalue weighted by atomic mass is 32.1. The van der Waals surface area contributed by atoms with Gasteiger partial charge < -0.3 is 9.47 Å². The van der Waals surface area contributed by atoms with E-state index in [0.29, 0.717) is 24.5 Å². The molecule has 2 aromatic carbocycles. The summed E-state index contributed by atoms with van der Waals surface area (Å²) >= 11 is 1.60. The number of anilines is 1. The van der Waals surface area contributed by atoms with Crippen LogP contribution in [0.5, 0.6) is 5.75 Å². The van der Waals surface area contributed by atoms with Gasteiger partial charge in [-0.25, -0.2) is 14.7 Å². The molecule has 6 nitrogen and oxygen atoms in total. The molecule has 0 bridgehead atoms. The summed E-state index contributed by atoms with van der Waals surface area (Å²) in [6, 6.07) is 13.2. The van der Waals surface area contributed by atoms with Crippen molar-refractivity contribution < 1.29 is 19.1 Å². The average molecular weight is 413 g/mol. The van der Waals surface area contributed by atoms with E-state index in [2.05, 4.69) is 4.98 Å². The van der Waals surface area contributed by atoms with Gasteiger partial charge in [0.25, 0.3) is 0 Å². The Kier molecular flexibility index (Phi) is 6.82. The zero-order valence-corrected chi connectivity index (χ0v) is 17.6. The number of nitrogens with zero attached hydrogens (tertiary/aromatic N) is 2. The first kappa shape index (κ1) is 20.8. The van der Waals surface area contributed by atoms with Gasteiger partial charge in [0.2, 0.25) is 5.91 Å². The molecule has 2 amide bonds. The van der Waals surface area contributed by atoms with Crippen LogP contribution in [0.2, 0.25) is 0 Å². The van der Waals surface area contributed by atoms with Crippen LogP contribution in [0.1, 0.15) is 36.8 Å². The summed E-state index contributed by atoms with van der Waals surface area (Å²) in [5, 5.41) is 0.888. The van der Waals surface area contributed by atoms with Crippen molar-refractivity contribution in [3.8, 4) is 5.75 Å². The zero-order valence-electron chi connectivity index (χ0n) is 16.8. The fraction of sp³-hybridized carbons (Fsp3) is 0.318. The fourth-order valence-corrected chi connectivity index (χ4v) is 3.84. The number of hydrogen-bond acceptors (Lipinski definition) is 6. The Labute approximate surface area is 174 Å². The molecule has 0 aliphatic heterocycles. The number of benzene rings is 2. The van der Waals surface area contributed by atoms with Crippen molar-refractivity contribution in [3.05, 3.63) is 53.0 Å². The molecule has 0 fully saturated rings. The van der Waals surface area contributed by atoms with Crippen LogP contribution in [0.15, 0.2) is 42.5 Å². The number of ether oxygens (including phenoxy) is 2. The number of hydrogen-bond donors (Lipinski definition) is 0. The second-order valence-electron chi connectivity index (χ2n) is 6.62. The lowest BCUT2D eigenvalue weighted by molar-refractivity contribution is -0.118. The van der Waals surface area contributed by atoms with Gasteiger partial charge in [0.05, 0.1) is 23.0 Å². The van der Waals surface area contributed by atoms with Crippen LogP contribution in [0.25, 0.3) is 10.2 Å². The van der Waals surface area contributed by atoms with E-state index in [1.165, 1.54) is 7.11 Å². The molecule has 3 aromatic rings. The molecule has 3 rings (SSSR count). The van der Waals surface area contributed by atoms with Gasteiger partial charge in [-0.05, 0) is 49.2 Å². The van der Waals surface area contributed by atoms with E-state index in [0.717, 1.165) is 38.5 Å². The van der Waals surface area contributed by atoms with E-state index in [9.17, 15) is 9.59 Å². The van der Waals surface area contributed by atoms with Gasteiger partial charge in [0, 0.05) is 6.42 Å². The van der Waals surface area contributed by atoms with Crippen molar-refractivity contribution in [2.75, 3.05) is 12.0 Å². The zero-order chi connectivity index (χ0) is 20.8. The maximum atomic E-state index is 12.5. The lowest BCUT2D eigenvalue weighted by Crippen LogP contribution is -2.37. The van der Waals surface area contributed by atoms with E-state index < -0.39 is 6.09 Å². The van der Waals surface area contributed by atoms with Crippen molar-refractivity contribution in [1.29, 1.82) is 0 Å². The van der Waals surface area contributed by atoms with E-state index >= 15 is 0 Å². The van der Waals surface area contributed by atoms with Crippen molar-refractivity contribution >= 4 is 39.2 Å². The first-order valence-electron chi connectivity index (χ1n) is 9.52. The van der Waals surface area contributed by atoms with Gasteiger partial charge in [-0.3, -0.25) is 4.79 Å². The molecule has 7 heteroatoms. The summed E-state index contributed by atoms with van der Waals surface area (Å²) in [6.07, 6.45) is 1.20. The number of carbonyl (C=O) groups is 2. The fourth-order valence-electron chi connectivity index (χ4n) is 2.96. The number of thiazole rings is 1. The predicted octanol–water partition coefficient (Wildman–Crippen LogP) is 5.47. The van der Waals surface area contributed by atoms with E-state index in [1.807, 2.05) is 44.2 Å². The number of unbranched alkanes of at least 4 members (excludes halogenated alkanes) is 1. The Morgan fingerprint density at radius 2 is 1.97 bits per heavy atom. The third-order valence-electron chi connectivity index (χ3n) is 4.46. The largest absolute Gasteiger partial charge is 0.486 e. The third kappa shape index (κ3) is 4.92. The van der Waals surface area contributed by atoms with Crippen molar-refractivity contribution in [3.63, 3.8) is 0 Å². The van der Waals surface area contributed by atoms with Gasteiger partial charge in [-0.1, -0.05) is 25.5 Å². The minimum absolute atomic E-state index is 0.273. The number of amides is 2. The molecule has 152 valence electrons. The molecule has 0 aliphatic rings.